The van der Waals surface area contributed by atoms with Crippen molar-refractivity contribution in [1.82, 2.24) is 5.32 Å². The van der Waals surface area contributed by atoms with E-state index in [0.29, 0.717) is 0 Å². The Labute approximate surface area is 48.8 Å². The highest BCUT2D eigenvalue weighted by molar-refractivity contribution is 5.04. The van der Waals surface area contributed by atoms with Gasteiger partial charge in [-0.3, -0.25) is 0 Å². The zero-order valence-corrected chi connectivity index (χ0v) is 4.59. The SMILES string of the molecule is N#CC1C=CCNC1. The predicted octanol–water partition coefficient (Wildman–Crippen LogP) is 0.286. The maximum Gasteiger partial charge on any atom is 0.0768 e. The molecule has 0 bridgehead atoms. The van der Waals surface area contributed by atoms with E-state index < -0.39 is 0 Å². The Balaban J connectivity index is 2.46. The van der Waals surface area contributed by atoms with Crippen molar-refractivity contribution in [3.8, 4) is 6.07 Å². The van der Waals surface area contributed by atoms with Crippen LogP contribution in [0.25, 0.3) is 0 Å². The van der Waals surface area contributed by atoms with Gasteiger partial charge in [0.1, 0.15) is 0 Å². The van der Waals surface area contributed by atoms with Crippen molar-refractivity contribution in [3.05, 3.63) is 12.2 Å². The van der Waals surface area contributed by atoms with Gasteiger partial charge in [-0.15, -0.1) is 0 Å². The summed E-state index contributed by atoms with van der Waals surface area (Å²) in [5, 5.41) is 11.4. The molecule has 1 N–H and O–H groups in total. The highest BCUT2D eigenvalue weighted by Gasteiger charge is 2.03. The minimum Gasteiger partial charge on any atom is -0.312 e. The summed E-state index contributed by atoms with van der Waals surface area (Å²) in [4.78, 5) is 0. The van der Waals surface area contributed by atoms with Crippen LogP contribution in [0.3, 0.4) is 0 Å². The number of hydrogen-bond donors (Lipinski definition) is 1. The molecule has 1 heterocycles. The lowest BCUT2D eigenvalue weighted by Crippen LogP contribution is -2.24. The second-order valence-electron chi connectivity index (χ2n) is 1.82. The summed E-state index contributed by atoms with van der Waals surface area (Å²) in [7, 11) is 0. The van der Waals surface area contributed by atoms with E-state index in [-0.39, 0.29) is 5.92 Å². The predicted molar refractivity (Wildman–Crippen MR) is 31.1 cm³/mol. The number of nitriles is 1. The van der Waals surface area contributed by atoms with Gasteiger partial charge in [-0.25, -0.2) is 0 Å². The first kappa shape index (κ1) is 5.33. The van der Waals surface area contributed by atoms with Crippen molar-refractivity contribution in [2.75, 3.05) is 13.1 Å². The Morgan fingerprint density at radius 1 is 1.75 bits per heavy atom. The zero-order chi connectivity index (χ0) is 5.82. The third kappa shape index (κ3) is 1.08. The highest BCUT2D eigenvalue weighted by atomic mass is 14.9. The molecule has 2 heteroatoms. The van der Waals surface area contributed by atoms with Crippen molar-refractivity contribution < 1.29 is 0 Å². The minimum atomic E-state index is 0.101. The quantitative estimate of drug-likeness (QED) is 0.452. The lowest BCUT2D eigenvalue weighted by Gasteiger charge is -2.08. The molecular formula is C6H8N2. The lowest BCUT2D eigenvalue weighted by molar-refractivity contribution is 0.650. The van der Waals surface area contributed by atoms with Gasteiger partial charge in [0.05, 0.1) is 12.0 Å². The molecule has 0 saturated heterocycles. The summed E-state index contributed by atoms with van der Waals surface area (Å²) in [5.41, 5.74) is 0. The van der Waals surface area contributed by atoms with Crippen LogP contribution in [0.1, 0.15) is 0 Å². The van der Waals surface area contributed by atoms with Crippen LogP contribution in [-0.4, -0.2) is 13.1 Å². The first-order valence-corrected chi connectivity index (χ1v) is 2.70. The van der Waals surface area contributed by atoms with E-state index in [2.05, 4.69) is 11.4 Å². The van der Waals surface area contributed by atoms with Crippen molar-refractivity contribution in [2.24, 2.45) is 5.92 Å². The molecule has 0 fully saturated rings. The third-order valence-electron chi connectivity index (χ3n) is 1.16. The van der Waals surface area contributed by atoms with E-state index in [0.717, 1.165) is 13.1 Å². The second kappa shape index (κ2) is 2.49. The summed E-state index contributed by atoms with van der Waals surface area (Å²) < 4.78 is 0. The molecule has 0 radical (unpaired) electrons. The maximum absolute atomic E-state index is 8.35. The topological polar surface area (TPSA) is 35.8 Å². The average Bonchev–Trinajstić information content (AvgIpc) is 1.90. The summed E-state index contributed by atoms with van der Waals surface area (Å²) in [5.74, 6) is 0.101. The minimum absolute atomic E-state index is 0.101. The summed E-state index contributed by atoms with van der Waals surface area (Å²) in [6.45, 7) is 1.73. The third-order valence-corrected chi connectivity index (χ3v) is 1.16. The van der Waals surface area contributed by atoms with Gasteiger partial charge < -0.3 is 5.32 Å². The molecule has 0 amide bonds. The van der Waals surface area contributed by atoms with Gasteiger partial charge in [0.15, 0.2) is 0 Å². The van der Waals surface area contributed by atoms with Gasteiger partial charge >= 0.3 is 0 Å². The van der Waals surface area contributed by atoms with Crippen LogP contribution < -0.4 is 5.32 Å². The van der Waals surface area contributed by atoms with Crippen LogP contribution in [0.15, 0.2) is 12.2 Å². The number of nitrogens with zero attached hydrogens (tertiary/aromatic N) is 1. The van der Waals surface area contributed by atoms with E-state index >= 15 is 0 Å². The van der Waals surface area contributed by atoms with Crippen molar-refractivity contribution in [3.63, 3.8) is 0 Å². The summed E-state index contributed by atoms with van der Waals surface area (Å²) in [6.07, 6.45) is 3.92. The van der Waals surface area contributed by atoms with Crippen molar-refractivity contribution >= 4 is 0 Å². The standard InChI is InChI=1S/C6H8N2/c7-4-6-2-1-3-8-5-6/h1-2,6,8H,3,5H2. The molecule has 1 aliphatic heterocycles. The van der Waals surface area contributed by atoms with E-state index in [1.807, 2.05) is 12.2 Å². The molecule has 1 unspecified atom stereocenters. The molecule has 0 aromatic rings. The number of nitrogens with one attached hydrogen (secondary N) is 1. The molecule has 0 aliphatic carbocycles. The van der Waals surface area contributed by atoms with Gasteiger partial charge in [-0.2, -0.15) is 5.26 Å². The number of hydrogen-bond acceptors (Lipinski definition) is 2. The molecule has 1 aliphatic rings. The lowest BCUT2D eigenvalue weighted by atomic mass is 10.1. The molecule has 8 heavy (non-hydrogen) atoms. The molecule has 0 aromatic carbocycles. The Kier molecular flexibility index (Phi) is 1.66. The maximum atomic E-state index is 8.35. The van der Waals surface area contributed by atoms with Crippen molar-refractivity contribution in [1.29, 1.82) is 5.26 Å². The highest BCUT2D eigenvalue weighted by Crippen LogP contribution is 1.97. The van der Waals surface area contributed by atoms with E-state index in [9.17, 15) is 0 Å². The molecule has 2 nitrogen and oxygen atoms in total. The molecule has 1 rings (SSSR count). The van der Waals surface area contributed by atoms with Gasteiger partial charge in [0.25, 0.3) is 0 Å². The Morgan fingerprint density at radius 2 is 2.62 bits per heavy atom. The fourth-order valence-corrected chi connectivity index (χ4v) is 0.711. The molecule has 0 aromatic heterocycles. The van der Waals surface area contributed by atoms with Crippen LogP contribution in [-0.2, 0) is 0 Å². The first-order chi connectivity index (χ1) is 3.93. The van der Waals surface area contributed by atoms with Crippen LogP contribution in [0, 0.1) is 17.2 Å². The molecule has 0 saturated carbocycles. The Hall–Kier alpha value is -0.810. The first-order valence-electron chi connectivity index (χ1n) is 2.70. The van der Waals surface area contributed by atoms with Crippen LogP contribution >= 0.6 is 0 Å². The fourth-order valence-electron chi connectivity index (χ4n) is 0.711. The van der Waals surface area contributed by atoms with Crippen LogP contribution in [0.5, 0.6) is 0 Å². The van der Waals surface area contributed by atoms with Crippen molar-refractivity contribution in [2.45, 2.75) is 0 Å². The van der Waals surface area contributed by atoms with Gasteiger partial charge in [0.2, 0.25) is 0 Å². The Morgan fingerprint density at radius 3 is 3.00 bits per heavy atom. The smallest absolute Gasteiger partial charge is 0.0768 e. The van der Waals surface area contributed by atoms with E-state index in [1.54, 1.807) is 0 Å². The molecule has 0 spiro atoms. The van der Waals surface area contributed by atoms with E-state index in [1.165, 1.54) is 0 Å². The summed E-state index contributed by atoms with van der Waals surface area (Å²) in [6, 6.07) is 2.15. The van der Waals surface area contributed by atoms with Crippen LogP contribution in [0.2, 0.25) is 0 Å². The van der Waals surface area contributed by atoms with Crippen LogP contribution in [0.4, 0.5) is 0 Å². The summed E-state index contributed by atoms with van der Waals surface area (Å²) >= 11 is 0. The van der Waals surface area contributed by atoms with Gasteiger partial charge in [0, 0.05) is 13.1 Å². The van der Waals surface area contributed by atoms with Gasteiger partial charge in [-0.1, -0.05) is 12.2 Å². The normalized spacial score (nSPS) is 27.1. The largest absolute Gasteiger partial charge is 0.312 e. The fraction of sp³-hybridized carbons (Fsp3) is 0.500. The molecular weight excluding hydrogens is 100 g/mol. The molecule has 1 atom stereocenters. The number of rotatable bonds is 0. The monoisotopic (exact) mass is 108 g/mol. The Bertz CT molecular complexity index is 132. The zero-order valence-electron chi connectivity index (χ0n) is 4.59. The van der Waals surface area contributed by atoms with E-state index in [4.69, 9.17) is 5.26 Å². The van der Waals surface area contributed by atoms with Gasteiger partial charge in [-0.05, 0) is 0 Å². The molecule has 42 valence electrons. The average molecular weight is 108 g/mol. The second-order valence-corrected chi connectivity index (χ2v) is 1.82.